The summed E-state index contributed by atoms with van der Waals surface area (Å²) in [7, 11) is 0. The van der Waals surface area contributed by atoms with Gasteiger partial charge in [0.05, 0.1) is 17.5 Å². The number of aromatic nitrogens is 4. The van der Waals surface area contributed by atoms with Gasteiger partial charge in [0, 0.05) is 17.1 Å². The van der Waals surface area contributed by atoms with Crippen molar-refractivity contribution in [3.8, 4) is 11.3 Å². The van der Waals surface area contributed by atoms with Crippen LogP contribution < -0.4 is 16.4 Å². The Morgan fingerprint density at radius 2 is 1.46 bits per heavy atom. The minimum Gasteiger partial charge on any atom is -0.267 e. The van der Waals surface area contributed by atoms with E-state index in [9.17, 15) is 14.4 Å². The monoisotopic (exact) mass is 492 g/mol. The lowest BCUT2D eigenvalue weighted by Gasteiger charge is -2.08. The number of hydrazine groups is 1. The molecule has 5 rings (SSSR count). The number of fused-ring (bicyclic) bond motifs is 1. The number of aryl methyl sites for hydroxylation is 2. The molecule has 2 aromatic heterocycles. The number of nitrogens with one attached hydrogen (secondary N) is 3. The summed E-state index contributed by atoms with van der Waals surface area (Å²) in [6, 6.07) is 22.4. The van der Waals surface area contributed by atoms with E-state index in [-0.39, 0.29) is 5.69 Å². The number of H-pyrrole nitrogens is 1. The van der Waals surface area contributed by atoms with E-state index in [1.165, 1.54) is 0 Å². The first-order chi connectivity index (χ1) is 17.9. The predicted octanol–water partition coefficient (Wildman–Crippen LogP) is 3.53. The van der Waals surface area contributed by atoms with Gasteiger partial charge >= 0.3 is 0 Å². The molecule has 0 aliphatic rings. The van der Waals surface area contributed by atoms with Gasteiger partial charge in [0.25, 0.3) is 17.4 Å². The smallest absolute Gasteiger partial charge is 0.267 e. The van der Waals surface area contributed by atoms with E-state index in [2.05, 4.69) is 26.1 Å². The summed E-state index contributed by atoms with van der Waals surface area (Å²) in [5, 5.41) is 11.6. The summed E-state index contributed by atoms with van der Waals surface area (Å²) < 4.78 is 1.70. The van der Waals surface area contributed by atoms with Crippen molar-refractivity contribution in [2.45, 2.75) is 20.4 Å². The number of carbonyl (C=O) groups excluding carboxylic acids is 2. The van der Waals surface area contributed by atoms with Gasteiger partial charge in [-0.2, -0.15) is 10.2 Å². The maximum atomic E-state index is 13.2. The molecule has 2 heterocycles. The number of amides is 2. The van der Waals surface area contributed by atoms with Gasteiger partial charge in [-0.15, -0.1) is 0 Å². The fourth-order valence-corrected chi connectivity index (χ4v) is 4.00. The molecule has 0 aliphatic heterocycles. The molecule has 0 unspecified atom stereocenters. The van der Waals surface area contributed by atoms with Crippen LogP contribution in [0.15, 0.2) is 83.8 Å². The number of nitrogens with zero attached hydrogens (tertiary/aromatic N) is 3. The SMILES string of the molecule is Cc1ccc(Cn2cc(C(=O)NNC(=O)c3n[nH]c(=O)c4ccccc34)c(-c3ccc(C)cc3)n2)cc1. The van der Waals surface area contributed by atoms with E-state index in [0.717, 1.165) is 22.3 Å². The Balaban J connectivity index is 1.41. The Hall–Kier alpha value is -5.05. The van der Waals surface area contributed by atoms with Crippen LogP contribution in [0.25, 0.3) is 22.0 Å². The molecule has 0 radical (unpaired) electrons. The van der Waals surface area contributed by atoms with Gasteiger partial charge in [0.2, 0.25) is 0 Å². The largest absolute Gasteiger partial charge is 0.290 e. The Labute approximate surface area is 212 Å². The lowest BCUT2D eigenvalue weighted by atomic mass is 10.1. The second-order valence-electron chi connectivity index (χ2n) is 8.80. The molecule has 9 heteroatoms. The van der Waals surface area contributed by atoms with Crippen molar-refractivity contribution < 1.29 is 9.59 Å². The first-order valence-electron chi connectivity index (χ1n) is 11.7. The van der Waals surface area contributed by atoms with Gasteiger partial charge in [0.15, 0.2) is 5.69 Å². The topological polar surface area (TPSA) is 122 Å². The number of carbonyl (C=O) groups is 2. The van der Waals surface area contributed by atoms with Crippen LogP contribution in [0.1, 0.15) is 37.5 Å². The van der Waals surface area contributed by atoms with Gasteiger partial charge in [-0.1, -0.05) is 77.9 Å². The molecule has 0 aliphatic carbocycles. The number of benzene rings is 3. The molecule has 37 heavy (non-hydrogen) atoms. The van der Waals surface area contributed by atoms with Crippen LogP contribution in [-0.2, 0) is 6.54 Å². The van der Waals surface area contributed by atoms with Crippen LogP contribution >= 0.6 is 0 Å². The van der Waals surface area contributed by atoms with Crippen LogP contribution in [0.4, 0.5) is 0 Å². The highest BCUT2D eigenvalue weighted by atomic mass is 16.2. The van der Waals surface area contributed by atoms with Crippen molar-refractivity contribution in [3.63, 3.8) is 0 Å². The van der Waals surface area contributed by atoms with Crippen LogP contribution in [-0.4, -0.2) is 31.8 Å². The zero-order chi connectivity index (χ0) is 25.9. The predicted molar refractivity (Wildman–Crippen MR) is 140 cm³/mol. The summed E-state index contributed by atoms with van der Waals surface area (Å²) in [6.45, 7) is 4.48. The average Bonchev–Trinajstić information content (AvgIpc) is 3.33. The summed E-state index contributed by atoms with van der Waals surface area (Å²) in [5.74, 6) is -1.20. The molecule has 0 bridgehead atoms. The lowest BCUT2D eigenvalue weighted by Crippen LogP contribution is -2.42. The number of hydrogen-bond acceptors (Lipinski definition) is 5. The van der Waals surface area contributed by atoms with Crippen molar-refractivity contribution in [1.29, 1.82) is 0 Å². The number of aromatic amines is 1. The Bertz CT molecular complexity index is 1670. The molecule has 0 atom stereocenters. The molecule has 184 valence electrons. The van der Waals surface area contributed by atoms with Crippen molar-refractivity contribution in [3.05, 3.63) is 117 Å². The third-order valence-corrected chi connectivity index (χ3v) is 6.00. The first-order valence-corrected chi connectivity index (χ1v) is 11.7. The first kappa shape index (κ1) is 23.7. The summed E-state index contributed by atoms with van der Waals surface area (Å²) in [4.78, 5) is 38.1. The minimum absolute atomic E-state index is 0.00988. The van der Waals surface area contributed by atoms with Crippen molar-refractivity contribution >= 4 is 22.6 Å². The molecule has 2 amide bonds. The fraction of sp³-hybridized carbons (Fsp3) is 0.107. The van der Waals surface area contributed by atoms with Crippen LogP contribution in [0.5, 0.6) is 0 Å². The maximum absolute atomic E-state index is 13.2. The Morgan fingerprint density at radius 1 is 0.838 bits per heavy atom. The number of rotatable bonds is 5. The highest BCUT2D eigenvalue weighted by Gasteiger charge is 2.20. The van der Waals surface area contributed by atoms with E-state index in [0.29, 0.717) is 28.6 Å². The summed E-state index contributed by atoms with van der Waals surface area (Å²) >= 11 is 0. The molecule has 0 saturated carbocycles. The van der Waals surface area contributed by atoms with Gasteiger partial charge in [0.1, 0.15) is 5.69 Å². The average molecular weight is 493 g/mol. The second kappa shape index (κ2) is 9.90. The number of hydrogen-bond donors (Lipinski definition) is 3. The summed E-state index contributed by atoms with van der Waals surface area (Å²) in [6.07, 6.45) is 1.66. The second-order valence-corrected chi connectivity index (χ2v) is 8.80. The molecule has 0 spiro atoms. The standard InChI is InChI=1S/C28H24N6O3/c1-17-7-11-19(12-8-17)15-34-16-23(24(33-34)20-13-9-18(2)10-14-20)27(36)31-32-28(37)25-21-5-3-4-6-22(21)26(35)30-29-25/h3-14,16H,15H2,1-2H3,(H,30,35)(H,31,36)(H,32,37). The zero-order valence-electron chi connectivity index (χ0n) is 20.3. The van der Waals surface area contributed by atoms with Gasteiger partial charge in [-0.25, -0.2) is 5.10 Å². The molecule has 9 nitrogen and oxygen atoms in total. The Kier molecular flexibility index (Phi) is 6.34. The van der Waals surface area contributed by atoms with E-state index < -0.39 is 17.4 Å². The van der Waals surface area contributed by atoms with E-state index >= 15 is 0 Å². The van der Waals surface area contributed by atoms with Crippen LogP contribution in [0.2, 0.25) is 0 Å². The zero-order valence-corrected chi connectivity index (χ0v) is 20.3. The fourth-order valence-electron chi connectivity index (χ4n) is 4.00. The minimum atomic E-state index is -0.662. The van der Waals surface area contributed by atoms with Crippen LogP contribution in [0, 0.1) is 13.8 Å². The summed E-state index contributed by atoms with van der Waals surface area (Å²) in [5.41, 5.74) is 9.30. The molecular weight excluding hydrogens is 468 g/mol. The van der Waals surface area contributed by atoms with Gasteiger partial charge < -0.3 is 0 Å². The lowest BCUT2D eigenvalue weighted by molar-refractivity contribution is 0.0844. The highest BCUT2D eigenvalue weighted by molar-refractivity contribution is 6.06. The molecule has 5 aromatic rings. The van der Waals surface area contributed by atoms with E-state index in [4.69, 9.17) is 0 Å². The van der Waals surface area contributed by atoms with Crippen molar-refractivity contribution in [2.75, 3.05) is 0 Å². The van der Waals surface area contributed by atoms with E-state index in [1.54, 1.807) is 35.1 Å². The third kappa shape index (κ3) is 5.01. The highest BCUT2D eigenvalue weighted by Crippen LogP contribution is 2.23. The van der Waals surface area contributed by atoms with Gasteiger partial charge in [-0.05, 0) is 25.5 Å². The molecular formula is C28H24N6O3. The maximum Gasteiger partial charge on any atom is 0.290 e. The Morgan fingerprint density at radius 3 is 2.16 bits per heavy atom. The third-order valence-electron chi connectivity index (χ3n) is 6.00. The quantitative estimate of drug-likeness (QED) is 0.324. The van der Waals surface area contributed by atoms with Crippen LogP contribution in [0.3, 0.4) is 0 Å². The van der Waals surface area contributed by atoms with Crippen molar-refractivity contribution in [2.24, 2.45) is 0 Å². The molecule has 3 N–H and O–H groups in total. The van der Waals surface area contributed by atoms with Gasteiger partial charge in [-0.3, -0.25) is 29.9 Å². The van der Waals surface area contributed by atoms with Crippen molar-refractivity contribution in [1.82, 2.24) is 30.8 Å². The molecule has 0 fully saturated rings. The molecule has 0 saturated heterocycles. The normalized spacial score (nSPS) is 10.9. The van der Waals surface area contributed by atoms with E-state index in [1.807, 2.05) is 62.4 Å². The molecule has 3 aromatic carbocycles.